The van der Waals surface area contributed by atoms with Gasteiger partial charge in [-0.2, -0.15) is 0 Å². The highest BCUT2D eigenvalue weighted by atomic mass is 16.5. The number of para-hydroxylation sites is 1. The van der Waals surface area contributed by atoms with E-state index in [1.165, 1.54) is 0 Å². The predicted octanol–water partition coefficient (Wildman–Crippen LogP) is -0.238. The molecule has 3 rings (SSSR count). The number of benzene rings is 1. The van der Waals surface area contributed by atoms with E-state index in [1.807, 2.05) is 28.9 Å². The Balaban J connectivity index is 1.42. The van der Waals surface area contributed by atoms with Crippen molar-refractivity contribution < 1.29 is 9.84 Å². The molecule has 1 aromatic carbocycles. The second kappa shape index (κ2) is 7.15. The highest BCUT2D eigenvalue weighted by molar-refractivity contribution is 5.73. The molecular formula is C15H23N5O2. The van der Waals surface area contributed by atoms with Crippen molar-refractivity contribution in [3.63, 3.8) is 0 Å². The fourth-order valence-corrected chi connectivity index (χ4v) is 2.65. The van der Waals surface area contributed by atoms with E-state index in [4.69, 9.17) is 4.74 Å². The van der Waals surface area contributed by atoms with Crippen LogP contribution in [0.4, 0.5) is 0 Å². The minimum Gasteiger partial charge on any atom is -0.385 e. The van der Waals surface area contributed by atoms with Crippen LogP contribution in [0.1, 0.15) is 6.42 Å². The average molecular weight is 305 g/mol. The lowest BCUT2D eigenvalue weighted by Crippen LogP contribution is -2.50. The molecule has 1 fully saturated rings. The van der Waals surface area contributed by atoms with Gasteiger partial charge in [0.15, 0.2) is 0 Å². The van der Waals surface area contributed by atoms with E-state index in [2.05, 4.69) is 20.9 Å². The fraction of sp³-hybridized carbons (Fsp3) is 0.600. The third-order valence-corrected chi connectivity index (χ3v) is 3.85. The van der Waals surface area contributed by atoms with Crippen LogP contribution in [-0.4, -0.2) is 65.1 Å². The van der Waals surface area contributed by atoms with E-state index < -0.39 is 5.60 Å². The monoisotopic (exact) mass is 305 g/mol. The topological polar surface area (TPSA) is 84.2 Å². The van der Waals surface area contributed by atoms with Gasteiger partial charge < -0.3 is 20.5 Å². The maximum absolute atomic E-state index is 10.4. The molecule has 1 aliphatic heterocycles. The van der Waals surface area contributed by atoms with Crippen molar-refractivity contribution in [2.75, 3.05) is 39.4 Å². The summed E-state index contributed by atoms with van der Waals surface area (Å²) in [5, 5.41) is 25.2. The van der Waals surface area contributed by atoms with Gasteiger partial charge >= 0.3 is 0 Å². The van der Waals surface area contributed by atoms with Crippen molar-refractivity contribution >= 4 is 11.0 Å². The Morgan fingerprint density at radius 1 is 1.41 bits per heavy atom. The Kier molecular flexibility index (Phi) is 4.99. The van der Waals surface area contributed by atoms with Crippen molar-refractivity contribution in [1.82, 2.24) is 25.6 Å². The van der Waals surface area contributed by atoms with E-state index in [9.17, 15) is 5.11 Å². The summed E-state index contributed by atoms with van der Waals surface area (Å²) in [5.41, 5.74) is 1.16. The highest BCUT2D eigenvalue weighted by Gasteiger charge is 2.28. The van der Waals surface area contributed by atoms with Crippen LogP contribution < -0.4 is 10.6 Å². The van der Waals surface area contributed by atoms with Gasteiger partial charge in [-0.05, 0) is 25.1 Å². The lowest BCUT2D eigenvalue weighted by atomic mass is 10.1. The summed E-state index contributed by atoms with van der Waals surface area (Å²) in [5.74, 6) is 0. The molecule has 7 nitrogen and oxygen atoms in total. The van der Waals surface area contributed by atoms with Gasteiger partial charge in [-0.3, -0.25) is 0 Å². The molecule has 0 spiro atoms. The molecule has 1 aromatic heterocycles. The van der Waals surface area contributed by atoms with Crippen LogP contribution >= 0.6 is 0 Å². The summed E-state index contributed by atoms with van der Waals surface area (Å²) in [7, 11) is 0. The molecule has 1 atom stereocenters. The van der Waals surface area contributed by atoms with Gasteiger partial charge in [0.25, 0.3) is 0 Å². The summed E-state index contributed by atoms with van der Waals surface area (Å²) < 4.78 is 7.32. The van der Waals surface area contributed by atoms with Crippen LogP contribution in [0.25, 0.3) is 11.0 Å². The number of hydrogen-bond acceptors (Lipinski definition) is 6. The molecular weight excluding hydrogens is 282 g/mol. The average Bonchev–Trinajstić information content (AvgIpc) is 2.81. The third kappa shape index (κ3) is 3.80. The molecule has 0 unspecified atom stereocenters. The zero-order valence-corrected chi connectivity index (χ0v) is 12.7. The van der Waals surface area contributed by atoms with Crippen LogP contribution in [0.2, 0.25) is 0 Å². The molecule has 0 aliphatic carbocycles. The first kappa shape index (κ1) is 15.4. The third-order valence-electron chi connectivity index (χ3n) is 3.85. The largest absolute Gasteiger partial charge is 0.385 e. The van der Waals surface area contributed by atoms with Crippen molar-refractivity contribution in [1.29, 1.82) is 0 Å². The normalized spacial score (nSPS) is 22.8. The Bertz CT molecular complexity index is 592. The van der Waals surface area contributed by atoms with Gasteiger partial charge in [0.1, 0.15) is 11.1 Å². The smallest absolute Gasteiger partial charge is 0.113 e. The van der Waals surface area contributed by atoms with Gasteiger partial charge in [-0.15, -0.1) is 5.10 Å². The van der Waals surface area contributed by atoms with E-state index >= 15 is 0 Å². The second-order valence-corrected chi connectivity index (χ2v) is 5.79. The first-order chi connectivity index (χ1) is 10.8. The predicted molar refractivity (Wildman–Crippen MR) is 83.7 cm³/mol. The van der Waals surface area contributed by atoms with E-state index in [1.54, 1.807) is 0 Å². The molecule has 0 amide bonds. The summed E-state index contributed by atoms with van der Waals surface area (Å²) in [6.45, 7) is 4.53. The van der Waals surface area contributed by atoms with Crippen LogP contribution in [0, 0.1) is 0 Å². The van der Waals surface area contributed by atoms with Gasteiger partial charge in [-0.25, -0.2) is 4.68 Å². The standard InChI is InChI=1S/C15H23N5O2/c21-15(11-17-7-9-22-12-15)10-16-6-3-8-20-14-5-2-1-4-13(14)18-19-20/h1-2,4-5,16-17,21H,3,6-12H2/t15-/m1/s1. The molecule has 3 N–H and O–H groups in total. The number of aliphatic hydroxyl groups is 1. The fourth-order valence-electron chi connectivity index (χ4n) is 2.65. The lowest BCUT2D eigenvalue weighted by molar-refractivity contribution is -0.0261. The minimum atomic E-state index is -0.823. The zero-order valence-electron chi connectivity index (χ0n) is 12.7. The summed E-state index contributed by atoms with van der Waals surface area (Å²) in [6.07, 6.45) is 0.928. The molecule has 22 heavy (non-hydrogen) atoms. The molecule has 2 heterocycles. The lowest BCUT2D eigenvalue weighted by Gasteiger charge is -2.26. The maximum atomic E-state index is 10.4. The highest BCUT2D eigenvalue weighted by Crippen LogP contribution is 2.10. The van der Waals surface area contributed by atoms with Crippen molar-refractivity contribution in [3.8, 4) is 0 Å². The Labute approximate surface area is 129 Å². The van der Waals surface area contributed by atoms with E-state index in [0.29, 0.717) is 26.3 Å². The number of ether oxygens (including phenoxy) is 1. The molecule has 0 bridgehead atoms. The van der Waals surface area contributed by atoms with Crippen LogP contribution in [-0.2, 0) is 11.3 Å². The van der Waals surface area contributed by atoms with Crippen molar-refractivity contribution in [2.45, 2.75) is 18.6 Å². The number of hydrogen-bond donors (Lipinski definition) is 3. The number of aryl methyl sites for hydroxylation is 1. The number of rotatable bonds is 6. The maximum Gasteiger partial charge on any atom is 0.113 e. The molecule has 120 valence electrons. The Morgan fingerprint density at radius 3 is 3.27 bits per heavy atom. The van der Waals surface area contributed by atoms with E-state index in [0.717, 1.165) is 37.1 Å². The van der Waals surface area contributed by atoms with Gasteiger partial charge in [0.05, 0.1) is 18.7 Å². The van der Waals surface area contributed by atoms with Crippen LogP contribution in [0.3, 0.4) is 0 Å². The number of aromatic nitrogens is 3. The van der Waals surface area contributed by atoms with Gasteiger partial charge in [0.2, 0.25) is 0 Å². The first-order valence-electron chi connectivity index (χ1n) is 7.77. The molecule has 7 heteroatoms. The second-order valence-electron chi connectivity index (χ2n) is 5.79. The minimum absolute atomic E-state index is 0.376. The molecule has 0 saturated carbocycles. The van der Waals surface area contributed by atoms with Gasteiger partial charge in [0, 0.05) is 26.2 Å². The van der Waals surface area contributed by atoms with Gasteiger partial charge in [-0.1, -0.05) is 17.3 Å². The van der Waals surface area contributed by atoms with Crippen LogP contribution in [0.15, 0.2) is 24.3 Å². The Hall–Kier alpha value is -1.54. The molecule has 1 aliphatic rings. The summed E-state index contributed by atoms with van der Waals surface area (Å²) in [6, 6.07) is 7.95. The van der Waals surface area contributed by atoms with E-state index in [-0.39, 0.29) is 0 Å². The number of β-amino-alcohol motifs (C(OH)–C–C–N with tert-alkyl or cyclic N) is 1. The number of nitrogens with one attached hydrogen (secondary N) is 2. The first-order valence-corrected chi connectivity index (χ1v) is 7.77. The summed E-state index contributed by atoms with van der Waals surface area (Å²) in [4.78, 5) is 0. The van der Waals surface area contributed by atoms with Crippen molar-refractivity contribution in [3.05, 3.63) is 24.3 Å². The molecule has 1 saturated heterocycles. The molecule has 0 radical (unpaired) electrons. The quantitative estimate of drug-likeness (QED) is 0.639. The van der Waals surface area contributed by atoms with Crippen molar-refractivity contribution in [2.24, 2.45) is 0 Å². The SMILES string of the molecule is O[C@]1(CNCCCn2nnc3ccccc32)CNCCOC1. The molecule has 2 aromatic rings. The number of fused-ring (bicyclic) bond motifs is 1. The zero-order chi connectivity index (χ0) is 15.3. The summed E-state index contributed by atoms with van der Waals surface area (Å²) >= 11 is 0. The van der Waals surface area contributed by atoms with Crippen LogP contribution in [0.5, 0.6) is 0 Å². The Morgan fingerprint density at radius 2 is 2.32 bits per heavy atom. The number of nitrogens with zero attached hydrogens (tertiary/aromatic N) is 3.